The van der Waals surface area contributed by atoms with Crippen LogP contribution in [0.15, 0.2) is 24.3 Å². The fourth-order valence-corrected chi connectivity index (χ4v) is 3.11. The van der Waals surface area contributed by atoms with E-state index in [9.17, 15) is 24.9 Å². The van der Waals surface area contributed by atoms with Crippen LogP contribution in [0.25, 0.3) is 0 Å². The Bertz CT molecular complexity index is 1030. The number of amides is 2. The summed E-state index contributed by atoms with van der Waals surface area (Å²) in [6, 6.07) is 6.47. The molecule has 210 valence electrons. The predicted octanol–water partition coefficient (Wildman–Crippen LogP) is 7.21. The Morgan fingerprint density at radius 3 is 1.70 bits per heavy atom. The first kappa shape index (κ1) is 35.7. The molecule has 0 radical (unpaired) electrons. The molecule has 0 saturated heterocycles. The summed E-state index contributed by atoms with van der Waals surface area (Å²) >= 11 is 0. The van der Waals surface area contributed by atoms with Crippen molar-refractivity contribution in [3.63, 3.8) is 0 Å². The van der Waals surface area contributed by atoms with Crippen LogP contribution in [0, 0.1) is 11.8 Å². The molecule has 0 aliphatic carbocycles. The molecule has 0 bridgehead atoms. The minimum absolute atomic E-state index is 0. The quantitative estimate of drug-likeness (QED) is 0.194. The van der Waals surface area contributed by atoms with Crippen molar-refractivity contribution >= 4 is 23.2 Å². The van der Waals surface area contributed by atoms with Crippen LogP contribution in [0.5, 0.6) is 23.0 Å². The van der Waals surface area contributed by atoms with E-state index in [4.69, 9.17) is 4.74 Å². The zero-order valence-electron chi connectivity index (χ0n) is 22.2. The van der Waals surface area contributed by atoms with Crippen molar-refractivity contribution in [3.8, 4) is 23.0 Å². The van der Waals surface area contributed by atoms with E-state index in [0.29, 0.717) is 17.2 Å². The van der Waals surface area contributed by atoms with E-state index < -0.39 is 0 Å². The fraction of sp³-hybridized carbons (Fsp3) is 0.517. The minimum Gasteiger partial charge on any atom is -0.508 e. The van der Waals surface area contributed by atoms with Gasteiger partial charge < -0.3 is 30.7 Å². The number of phenols is 3. The van der Waals surface area contributed by atoms with Crippen molar-refractivity contribution in [2.24, 2.45) is 11.8 Å². The Morgan fingerprint density at radius 1 is 0.757 bits per heavy atom. The smallest absolute Gasteiger partial charge is 0.227 e. The number of nitrogens with one attached hydrogen (secondary N) is 2. The van der Waals surface area contributed by atoms with Gasteiger partial charge in [-0.25, -0.2) is 0 Å². The van der Waals surface area contributed by atoms with Crippen molar-refractivity contribution in [1.82, 2.24) is 0 Å². The highest BCUT2D eigenvalue weighted by Gasteiger charge is 2.22. The molecule has 0 atom stereocenters. The lowest BCUT2D eigenvalue weighted by Crippen LogP contribution is -2.18. The highest BCUT2D eigenvalue weighted by Crippen LogP contribution is 2.45. The summed E-state index contributed by atoms with van der Waals surface area (Å²) in [7, 11) is 1.42. The molecule has 0 aliphatic heterocycles. The third-order valence-electron chi connectivity index (χ3n) is 5.23. The Balaban J connectivity index is 0. The number of hydrogen-bond donors (Lipinski definition) is 5. The highest BCUT2D eigenvalue weighted by atomic mass is 16.5. The van der Waals surface area contributed by atoms with Crippen LogP contribution in [0.3, 0.4) is 0 Å². The first-order valence-electron chi connectivity index (χ1n) is 11.8. The van der Waals surface area contributed by atoms with Gasteiger partial charge in [0.1, 0.15) is 11.5 Å². The molecular weight excluding hydrogens is 472 g/mol. The molecule has 0 fully saturated rings. The van der Waals surface area contributed by atoms with Gasteiger partial charge in [0.25, 0.3) is 0 Å². The molecule has 8 nitrogen and oxygen atoms in total. The van der Waals surface area contributed by atoms with Gasteiger partial charge in [-0.3, -0.25) is 9.59 Å². The lowest BCUT2D eigenvalue weighted by Gasteiger charge is -2.18. The molecule has 0 aromatic heterocycles. The lowest BCUT2D eigenvalue weighted by atomic mass is 9.99. The van der Waals surface area contributed by atoms with Gasteiger partial charge in [-0.15, -0.1) is 0 Å². The zero-order valence-corrected chi connectivity index (χ0v) is 22.2. The molecule has 8 heteroatoms. The van der Waals surface area contributed by atoms with Crippen LogP contribution in [0.1, 0.15) is 93.2 Å². The van der Waals surface area contributed by atoms with E-state index >= 15 is 0 Å². The molecule has 2 amide bonds. The number of carbonyl (C=O) groups excluding carboxylic acids is 2. The second kappa shape index (κ2) is 15.6. The average molecular weight is 521 g/mol. The molecule has 5 N–H and O–H groups in total. The number of hydrogen-bond acceptors (Lipinski definition) is 6. The summed E-state index contributed by atoms with van der Waals surface area (Å²) in [5.74, 6) is -0.0496. The van der Waals surface area contributed by atoms with Gasteiger partial charge in [0.2, 0.25) is 11.8 Å². The van der Waals surface area contributed by atoms with Crippen LogP contribution in [0.2, 0.25) is 0 Å². The molecule has 0 aliphatic rings. The second-order valence-electron chi connectivity index (χ2n) is 9.65. The number of aromatic hydroxyl groups is 3. The predicted molar refractivity (Wildman–Crippen MR) is 153 cm³/mol. The Kier molecular flexibility index (Phi) is 15.1. The number of benzene rings is 2. The van der Waals surface area contributed by atoms with Gasteiger partial charge in [-0.2, -0.15) is 0 Å². The number of methoxy groups -OCH3 is 1. The molecule has 2 rings (SSSR count). The molecule has 0 unspecified atom stereocenters. The van der Waals surface area contributed by atoms with E-state index in [1.54, 1.807) is 26.0 Å². The monoisotopic (exact) mass is 520 g/mol. The molecule has 0 heterocycles. The van der Waals surface area contributed by atoms with Gasteiger partial charge in [0.15, 0.2) is 11.5 Å². The summed E-state index contributed by atoms with van der Waals surface area (Å²) in [4.78, 5) is 23.2. The van der Waals surface area contributed by atoms with Gasteiger partial charge in [0, 0.05) is 35.2 Å². The zero-order chi connectivity index (χ0) is 27.0. The van der Waals surface area contributed by atoms with Gasteiger partial charge in [-0.1, -0.05) is 70.2 Å². The Morgan fingerprint density at radius 2 is 1.27 bits per heavy atom. The normalized spacial score (nSPS) is 10.3. The summed E-state index contributed by atoms with van der Waals surface area (Å²) in [6.07, 6.45) is 0. The molecule has 2 aromatic rings. The van der Waals surface area contributed by atoms with Crippen molar-refractivity contribution < 1.29 is 29.6 Å². The summed E-state index contributed by atoms with van der Waals surface area (Å²) in [5.41, 5.74) is 2.34. The standard InChI is InChI=1S/C14H21NO4.C13H19NO2.2CH4/c1-7(2)11-12(17)9(15-14(18)8(3)4)6-10(16)13(11)19-5;1-8(2)10-5-11(7-12(15)6-10)14-13(16)9(3)4;;/h6-8,16-17H,1-5H3,(H,15,18);5-9,15H,1-4H3,(H,14,16);2*1H4. The highest BCUT2D eigenvalue weighted by molar-refractivity contribution is 5.94. The molecule has 2 aromatic carbocycles. The lowest BCUT2D eigenvalue weighted by molar-refractivity contribution is -0.119. The van der Waals surface area contributed by atoms with Gasteiger partial charge >= 0.3 is 0 Å². The number of rotatable bonds is 7. The van der Waals surface area contributed by atoms with Gasteiger partial charge in [0.05, 0.1) is 12.8 Å². The summed E-state index contributed by atoms with van der Waals surface area (Å²) in [5, 5.41) is 35.0. The van der Waals surface area contributed by atoms with Crippen molar-refractivity contribution in [1.29, 1.82) is 0 Å². The average Bonchev–Trinajstić information content (AvgIpc) is 2.75. The van der Waals surface area contributed by atoms with Crippen LogP contribution in [-0.4, -0.2) is 34.2 Å². The van der Waals surface area contributed by atoms with E-state index in [-0.39, 0.29) is 73.1 Å². The van der Waals surface area contributed by atoms with Crippen LogP contribution < -0.4 is 15.4 Å². The van der Waals surface area contributed by atoms with E-state index in [1.165, 1.54) is 13.2 Å². The van der Waals surface area contributed by atoms with Crippen molar-refractivity contribution in [3.05, 3.63) is 35.4 Å². The minimum atomic E-state index is -0.227. The number of ether oxygens (including phenoxy) is 1. The Labute approximate surface area is 223 Å². The maximum atomic E-state index is 11.7. The first-order valence-corrected chi connectivity index (χ1v) is 11.8. The van der Waals surface area contributed by atoms with E-state index in [0.717, 1.165) is 5.56 Å². The van der Waals surface area contributed by atoms with Crippen LogP contribution >= 0.6 is 0 Å². The van der Waals surface area contributed by atoms with E-state index in [1.807, 2.05) is 47.6 Å². The third-order valence-corrected chi connectivity index (χ3v) is 5.23. The number of anilines is 2. The molecule has 0 saturated carbocycles. The van der Waals surface area contributed by atoms with Crippen molar-refractivity contribution in [2.75, 3.05) is 17.7 Å². The summed E-state index contributed by atoms with van der Waals surface area (Å²) < 4.78 is 5.10. The van der Waals surface area contributed by atoms with Crippen LogP contribution in [0.4, 0.5) is 11.4 Å². The van der Waals surface area contributed by atoms with Gasteiger partial charge in [-0.05, 0) is 29.5 Å². The Hall–Kier alpha value is -3.42. The number of phenolic OH excluding ortho intramolecular Hbond substituents is 3. The molecule has 0 spiro atoms. The second-order valence-corrected chi connectivity index (χ2v) is 9.65. The van der Waals surface area contributed by atoms with Crippen molar-refractivity contribution in [2.45, 2.75) is 82.1 Å². The molecule has 37 heavy (non-hydrogen) atoms. The van der Waals surface area contributed by atoms with E-state index in [2.05, 4.69) is 10.6 Å². The largest absolute Gasteiger partial charge is 0.508 e. The maximum absolute atomic E-state index is 11.7. The first-order chi connectivity index (χ1) is 16.2. The summed E-state index contributed by atoms with van der Waals surface area (Å²) in [6.45, 7) is 15.0. The third kappa shape index (κ3) is 10.2. The number of carbonyl (C=O) groups is 2. The SMILES string of the molecule is C.C.CC(C)C(=O)Nc1cc(O)cc(C(C)C)c1.COc1c(O)cc(NC(=O)C(C)C)c(O)c1C(C)C. The fourth-order valence-electron chi connectivity index (χ4n) is 3.11. The topological polar surface area (TPSA) is 128 Å². The molecular formula is C29H48N2O6. The maximum Gasteiger partial charge on any atom is 0.227 e. The van der Waals surface area contributed by atoms with Crippen LogP contribution in [-0.2, 0) is 9.59 Å².